The standard InChI is InChI=1S/C48H44N4O8.C16H24O6S.C14H20O5.4CH4/c1-29-16-37-39(49-25-34-20-32-10-4-6-12-41(32)51(34)47(37)54)23-43(29)59-27-30-17-31(19-36(18-30)58-15-9-8-14-46(53)57-3)28-60-45-24-40-38(22-44(45)56-2)48(55)52-35(26-50-40)21-33-11-5-7-13-42(33)52;1-4-13-9-14(12-22-23(3,18)19)11-15(10-13)21-8-6-5-7-16(17)20-2;1-18-14(17)4-2-3-5-19-13-7-11(9-15)6-12(8-13)10-16;;;;/h4-7,10-13,16-19,22-26,34-35H,8-9,14-15,20-21,27-28H2,1-3H3;9-11H,4-8,12H2,1-3H3;6-8,15-16H,2-5,9-10H2,1H3;4*1H4/t34-,35-;;;;;;/m0....../s1. The number of aliphatic hydroxyl groups is 2. The number of unbranched alkanes of at least 4 members (excludes halogenated alkanes) is 3. The molecule has 4 aliphatic rings. The van der Waals surface area contributed by atoms with Crippen LogP contribution in [0, 0.1) is 6.92 Å². The van der Waals surface area contributed by atoms with Crippen LogP contribution in [0.5, 0.6) is 34.5 Å². The highest BCUT2D eigenvalue weighted by Crippen LogP contribution is 2.43. The first kappa shape index (κ1) is 86.5. The molecule has 7 aromatic carbocycles. The molecule has 0 spiro atoms. The Hall–Kier alpha value is -10.1. The molecule has 24 heteroatoms. The van der Waals surface area contributed by atoms with E-state index in [0.717, 1.165) is 82.3 Å². The fourth-order valence-corrected chi connectivity index (χ4v) is 12.3. The number of anilines is 2. The zero-order chi connectivity index (χ0) is 72.7. The smallest absolute Gasteiger partial charge is 0.305 e. The molecule has 4 heterocycles. The van der Waals surface area contributed by atoms with Crippen molar-refractivity contribution in [3.05, 3.63) is 189 Å². The maximum Gasteiger partial charge on any atom is 0.305 e. The molecule has 0 aliphatic carbocycles. The molecule has 0 unspecified atom stereocenters. The lowest BCUT2D eigenvalue weighted by atomic mass is 10.1. The molecule has 0 aromatic heterocycles. The Morgan fingerprint density at radius 2 is 0.868 bits per heavy atom. The number of fused-ring (bicyclic) bond motifs is 8. The van der Waals surface area contributed by atoms with Crippen molar-refractivity contribution >= 4 is 75.0 Å². The molecular formula is C82H104N4O19S. The number of rotatable bonds is 31. The summed E-state index contributed by atoms with van der Waals surface area (Å²) in [5.41, 5.74) is 11.8. The fourth-order valence-electron chi connectivity index (χ4n) is 11.9. The molecule has 572 valence electrons. The molecule has 4 aliphatic heterocycles. The normalized spacial score (nSPS) is 13.8. The fraction of sp³-hybridized carbons (Fsp3) is 0.402. The van der Waals surface area contributed by atoms with Crippen LogP contribution in [0.2, 0.25) is 0 Å². The van der Waals surface area contributed by atoms with E-state index in [2.05, 4.69) is 15.5 Å². The largest absolute Gasteiger partial charge is 0.494 e. The van der Waals surface area contributed by atoms with Gasteiger partial charge < -0.3 is 52.8 Å². The second-order valence-corrected chi connectivity index (χ2v) is 26.3. The Kier molecular flexibility index (Phi) is 34.4. The van der Waals surface area contributed by atoms with Gasteiger partial charge in [0.15, 0.2) is 11.5 Å². The number of hydrogen-bond donors (Lipinski definition) is 2. The van der Waals surface area contributed by atoms with Gasteiger partial charge in [0, 0.05) is 68.0 Å². The third-order valence-corrected chi connectivity index (χ3v) is 17.7. The average molecular weight is 1480 g/mol. The van der Waals surface area contributed by atoms with Crippen LogP contribution in [-0.2, 0) is 95.2 Å². The molecule has 106 heavy (non-hydrogen) atoms. The monoisotopic (exact) mass is 1480 g/mol. The van der Waals surface area contributed by atoms with E-state index in [4.69, 9.17) is 57.5 Å². The van der Waals surface area contributed by atoms with Gasteiger partial charge in [0.2, 0.25) is 0 Å². The number of methoxy groups -OCH3 is 4. The van der Waals surface area contributed by atoms with Crippen LogP contribution in [0.4, 0.5) is 22.7 Å². The Morgan fingerprint density at radius 3 is 1.29 bits per heavy atom. The number of hydrogen-bond acceptors (Lipinski definition) is 21. The first-order valence-corrected chi connectivity index (χ1v) is 35.7. The number of aliphatic hydroxyl groups excluding tert-OH is 2. The van der Waals surface area contributed by atoms with E-state index >= 15 is 0 Å². The Bertz CT molecular complexity index is 4270. The number of amides is 2. The van der Waals surface area contributed by atoms with Crippen LogP contribution in [0.1, 0.15) is 165 Å². The highest BCUT2D eigenvalue weighted by molar-refractivity contribution is 7.85. The van der Waals surface area contributed by atoms with E-state index in [1.54, 1.807) is 48.4 Å². The third-order valence-electron chi connectivity index (χ3n) is 17.2. The maximum atomic E-state index is 13.9. The van der Waals surface area contributed by atoms with E-state index in [-0.39, 0.29) is 105 Å². The van der Waals surface area contributed by atoms with Gasteiger partial charge in [0.1, 0.15) is 36.2 Å². The minimum Gasteiger partial charge on any atom is -0.494 e. The van der Waals surface area contributed by atoms with Crippen molar-refractivity contribution in [2.24, 2.45) is 9.98 Å². The molecule has 2 atom stereocenters. The molecule has 23 nitrogen and oxygen atoms in total. The van der Waals surface area contributed by atoms with Crippen LogP contribution in [0.25, 0.3) is 0 Å². The number of nitrogens with zero attached hydrogens (tertiary/aromatic N) is 4. The SMILES string of the molecule is C.C.C.C.CCc1cc(COS(C)(=O)=O)cc(OCCCCC(=O)OC)c1.COC(=O)CCCCOc1cc(CO)cc(CO)c1.COC(=O)CCCCOc1cc(COc2cc3c(cc2C)C(=O)N2c4ccccc4C[C@H]2C=N3)cc(COc2cc3c(cc2OC)C(=O)N2c4ccccc4C[C@H]2C=N3)c1. The molecule has 0 saturated heterocycles. The van der Waals surface area contributed by atoms with Gasteiger partial charge in [-0.3, -0.25) is 47.9 Å². The summed E-state index contributed by atoms with van der Waals surface area (Å²) in [6.07, 6.45) is 12.2. The predicted octanol–water partition coefficient (Wildman–Crippen LogP) is 14.8. The van der Waals surface area contributed by atoms with Crippen molar-refractivity contribution in [2.45, 2.75) is 166 Å². The topological polar surface area (TPSA) is 283 Å². The molecule has 0 saturated carbocycles. The van der Waals surface area contributed by atoms with Gasteiger partial charge in [-0.25, -0.2) is 0 Å². The van der Waals surface area contributed by atoms with Crippen LogP contribution in [0.3, 0.4) is 0 Å². The predicted molar refractivity (Wildman–Crippen MR) is 412 cm³/mol. The zero-order valence-corrected chi connectivity index (χ0v) is 59.4. The van der Waals surface area contributed by atoms with Gasteiger partial charge in [-0.1, -0.05) is 85.2 Å². The Balaban J connectivity index is 0.000000362. The van der Waals surface area contributed by atoms with Crippen LogP contribution in [-0.4, -0.2) is 127 Å². The van der Waals surface area contributed by atoms with Gasteiger partial charge >= 0.3 is 17.9 Å². The van der Waals surface area contributed by atoms with Gasteiger partial charge in [-0.15, -0.1) is 0 Å². The second kappa shape index (κ2) is 42.1. The zero-order valence-electron chi connectivity index (χ0n) is 58.6. The highest BCUT2D eigenvalue weighted by Gasteiger charge is 2.38. The van der Waals surface area contributed by atoms with Crippen molar-refractivity contribution in [2.75, 3.05) is 64.3 Å². The number of esters is 3. The summed E-state index contributed by atoms with van der Waals surface area (Å²) in [5.74, 6) is 2.46. The number of aliphatic imine (C=N–C) groups is 2. The molecule has 7 aromatic rings. The lowest BCUT2D eigenvalue weighted by Gasteiger charge is -2.22. The summed E-state index contributed by atoms with van der Waals surface area (Å²) in [7, 11) is 2.20. The summed E-state index contributed by atoms with van der Waals surface area (Å²) in [5, 5.41) is 18.2. The average Bonchev–Trinajstić information content (AvgIpc) is 1.60. The molecule has 2 N–H and O–H groups in total. The summed E-state index contributed by atoms with van der Waals surface area (Å²) >= 11 is 0. The number of para-hydroxylation sites is 2. The number of aryl methyl sites for hydroxylation is 2. The number of carbonyl (C=O) groups excluding carboxylic acids is 5. The second-order valence-electron chi connectivity index (χ2n) is 24.7. The van der Waals surface area contributed by atoms with E-state index in [1.807, 2.05) is 116 Å². The molecule has 2 amide bonds. The Morgan fingerprint density at radius 1 is 0.481 bits per heavy atom. The first-order chi connectivity index (χ1) is 49.3. The summed E-state index contributed by atoms with van der Waals surface area (Å²) in [4.78, 5) is 74.5. The van der Waals surface area contributed by atoms with E-state index in [1.165, 1.54) is 21.3 Å². The van der Waals surface area contributed by atoms with Crippen molar-refractivity contribution < 1.29 is 89.4 Å². The van der Waals surface area contributed by atoms with Crippen molar-refractivity contribution in [1.29, 1.82) is 0 Å². The van der Waals surface area contributed by atoms with Gasteiger partial charge in [0.05, 0.1) is 109 Å². The van der Waals surface area contributed by atoms with E-state index < -0.39 is 10.1 Å². The van der Waals surface area contributed by atoms with Gasteiger partial charge in [-0.2, -0.15) is 8.42 Å². The molecular weight excluding hydrogens is 1380 g/mol. The van der Waals surface area contributed by atoms with E-state index in [0.29, 0.717) is 139 Å². The number of ether oxygens (including phenoxy) is 9. The van der Waals surface area contributed by atoms with Crippen molar-refractivity contribution in [3.8, 4) is 34.5 Å². The van der Waals surface area contributed by atoms with E-state index in [9.17, 15) is 32.4 Å². The Labute approximate surface area is 624 Å². The van der Waals surface area contributed by atoms with Gasteiger partial charge in [0.25, 0.3) is 21.9 Å². The molecule has 0 radical (unpaired) electrons. The maximum absolute atomic E-state index is 13.9. The number of carbonyl (C=O) groups is 5. The lowest BCUT2D eigenvalue weighted by molar-refractivity contribution is -0.141. The van der Waals surface area contributed by atoms with Crippen molar-refractivity contribution in [1.82, 2.24) is 0 Å². The van der Waals surface area contributed by atoms with Crippen molar-refractivity contribution in [3.63, 3.8) is 0 Å². The molecule has 11 rings (SSSR count). The summed E-state index contributed by atoms with van der Waals surface area (Å²) < 4.78 is 76.8. The lowest BCUT2D eigenvalue weighted by Crippen LogP contribution is -2.37. The van der Waals surface area contributed by atoms with Gasteiger partial charge in [-0.05, 0) is 169 Å². The first-order valence-electron chi connectivity index (χ1n) is 33.9. The quantitative estimate of drug-likeness (QED) is 0.0177. The summed E-state index contributed by atoms with van der Waals surface area (Å²) in [6.45, 7) is 5.46. The minimum absolute atomic E-state index is 0. The highest BCUT2D eigenvalue weighted by atomic mass is 32.2. The number of benzene rings is 7. The van der Waals surface area contributed by atoms with Crippen LogP contribution < -0.4 is 38.2 Å². The van der Waals surface area contributed by atoms with Crippen LogP contribution in [0.15, 0.2) is 137 Å². The summed E-state index contributed by atoms with van der Waals surface area (Å²) in [6, 6.07) is 39.3. The van der Waals surface area contributed by atoms with Crippen LogP contribution >= 0.6 is 0 Å². The third kappa shape index (κ3) is 23.9. The molecule has 0 bridgehead atoms. The minimum atomic E-state index is -3.47. The molecule has 0 fully saturated rings.